The Morgan fingerprint density at radius 3 is 3.06 bits per heavy atom. The molecule has 2 N–H and O–H groups in total. The number of halogens is 1. The third kappa shape index (κ3) is 4.49. The van der Waals surface area contributed by atoms with E-state index < -0.39 is 0 Å². The predicted octanol–water partition coefficient (Wildman–Crippen LogP) is 1.49. The molecule has 0 bridgehead atoms. The lowest BCUT2D eigenvalue weighted by molar-refractivity contribution is 0.699. The average Bonchev–Trinajstić information content (AvgIpc) is 2.33. The van der Waals surface area contributed by atoms with Crippen LogP contribution in [0.5, 0.6) is 0 Å². The molecule has 1 aliphatic heterocycles. The number of hydrogen-bond acceptors (Lipinski definition) is 4. The number of rotatable bonds is 3. The first-order chi connectivity index (χ1) is 7.86. The fourth-order valence-electron chi connectivity index (χ4n) is 1.75. The molecule has 0 aromatic carbocycles. The highest BCUT2D eigenvalue weighted by Gasteiger charge is 2.03. The maximum Gasteiger partial charge on any atom is 0.191 e. The summed E-state index contributed by atoms with van der Waals surface area (Å²) in [6.07, 6.45) is 5.90. The van der Waals surface area contributed by atoms with Gasteiger partial charge in [-0.25, -0.2) is 0 Å². The van der Waals surface area contributed by atoms with Gasteiger partial charge in [0.15, 0.2) is 5.96 Å². The summed E-state index contributed by atoms with van der Waals surface area (Å²) in [5.74, 6) is 0.943. The largest absolute Gasteiger partial charge is 0.356 e. The van der Waals surface area contributed by atoms with Gasteiger partial charge in [-0.3, -0.25) is 9.98 Å². The van der Waals surface area contributed by atoms with Gasteiger partial charge in [-0.05, 0) is 37.0 Å². The molecule has 0 spiro atoms. The van der Waals surface area contributed by atoms with Crippen LogP contribution in [0, 0.1) is 6.92 Å². The molecule has 4 nitrogen and oxygen atoms in total. The van der Waals surface area contributed by atoms with Gasteiger partial charge < -0.3 is 10.6 Å². The maximum absolute atomic E-state index is 4.37. The minimum atomic E-state index is 0. The second kappa shape index (κ2) is 7.47. The topological polar surface area (TPSA) is 49.3 Å². The van der Waals surface area contributed by atoms with Crippen LogP contribution in [-0.4, -0.2) is 30.6 Å². The molecule has 1 aromatic rings. The van der Waals surface area contributed by atoms with Crippen molar-refractivity contribution in [2.24, 2.45) is 4.99 Å². The molecule has 0 amide bonds. The summed E-state index contributed by atoms with van der Waals surface area (Å²) >= 11 is 0. The molecule has 0 saturated heterocycles. The molecule has 1 aliphatic rings. The van der Waals surface area contributed by atoms with Gasteiger partial charge in [-0.2, -0.15) is 0 Å². The number of aliphatic imine (C=N–C) groups is 1. The quantitative estimate of drug-likeness (QED) is 0.816. The Balaban J connectivity index is 0.00000144. The number of aryl methyl sites for hydroxylation is 1. The number of pyridine rings is 1. The van der Waals surface area contributed by atoms with Crippen LogP contribution in [0.1, 0.15) is 17.5 Å². The van der Waals surface area contributed by atoms with Crippen LogP contribution >= 0.6 is 24.0 Å². The molecule has 0 radical (unpaired) electrons. The highest BCUT2D eigenvalue weighted by atomic mass is 127. The van der Waals surface area contributed by atoms with Gasteiger partial charge in [-0.1, -0.05) is 0 Å². The first-order valence-electron chi connectivity index (χ1n) is 5.78. The van der Waals surface area contributed by atoms with E-state index in [4.69, 9.17) is 0 Å². The molecule has 17 heavy (non-hydrogen) atoms. The van der Waals surface area contributed by atoms with Gasteiger partial charge in [0.1, 0.15) is 0 Å². The number of nitrogens with one attached hydrogen (secondary N) is 2. The van der Waals surface area contributed by atoms with Crippen LogP contribution in [0.15, 0.2) is 23.5 Å². The Morgan fingerprint density at radius 1 is 1.47 bits per heavy atom. The summed E-state index contributed by atoms with van der Waals surface area (Å²) < 4.78 is 0. The third-order valence-electron chi connectivity index (χ3n) is 2.72. The molecule has 0 saturated carbocycles. The lowest BCUT2D eigenvalue weighted by atomic mass is 10.1. The fraction of sp³-hybridized carbons (Fsp3) is 0.500. The zero-order chi connectivity index (χ0) is 11.2. The molecular formula is C12H19IN4. The van der Waals surface area contributed by atoms with Gasteiger partial charge in [0, 0.05) is 32.0 Å². The Morgan fingerprint density at radius 2 is 2.35 bits per heavy atom. The molecule has 2 heterocycles. The SMILES string of the molecule is Cc1cnccc1CCNC1=NCCCN1.I. The Bertz CT molecular complexity index is 379. The lowest BCUT2D eigenvalue weighted by Crippen LogP contribution is -2.41. The molecule has 0 aliphatic carbocycles. The van der Waals surface area contributed by atoms with Crippen LogP contribution in [0.25, 0.3) is 0 Å². The van der Waals surface area contributed by atoms with Crippen molar-refractivity contribution in [1.29, 1.82) is 0 Å². The van der Waals surface area contributed by atoms with Crippen LogP contribution in [-0.2, 0) is 6.42 Å². The van der Waals surface area contributed by atoms with Gasteiger partial charge >= 0.3 is 0 Å². The van der Waals surface area contributed by atoms with Gasteiger partial charge in [0.2, 0.25) is 0 Å². The average molecular weight is 346 g/mol. The van der Waals surface area contributed by atoms with Crippen molar-refractivity contribution in [3.05, 3.63) is 29.6 Å². The minimum absolute atomic E-state index is 0. The van der Waals surface area contributed by atoms with Crippen molar-refractivity contribution in [3.8, 4) is 0 Å². The molecule has 0 unspecified atom stereocenters. The second-order valence-corrected chi connectivity index (χ2v) is 3.99. The van der Waals surface area contributed by atoms with E-state index in [2.05, 4.69) is 33.6 Å². The Kier molecular flexibility index (Phi) is 6.25. The highest BCUT2D eigenvalue weighted by Crippen LogP contribution is 2.04. The molecule has 0 atom stereocenters. The molecule has 0 fully saturated rings. The molecular weight excluding hydrogens is 327 g/mol. The number of hydrogen-bond donors (Lipinski definition) is 2. The molecule has 94 valence electrons. The van der Waals surface area contributed by atoms with Gasteiger partial charge in [0.25, 0.3) is 0 Å². The van der Waals surface area contributed by atoms with E-state index >= 15 is 0 Å². The van der Waals surface area contributed by atoms with Gasteiger partial charge in [0.05, 0.1) is 0 Å². The maximum atomic E-state index is 4.37. The minimum Gasteiger partial charge on any atom is -0.356 e. The number of aromatic nitrogens is 1. The lowest BCUT2D eigenvalue weighted by Gasteiger charge is -2.16. The Hall–Kier alpha value is -0.850. The van der Waals surface area contributed by atoms with Crippen LogP contribution in [0.3, 0.4) is 0 Å². The Labute approximate surface area is 119 Å². The van der Waals surface area contributed by atoms with Crippen molar-refractivity contribution in [1.82, 2.24) is 15.6 Å². The second-order valence-electron chi connectivity index (χ2n) is 3.99. The summed E-state index contributed by atoms with van der Waals surface area (Å²) in [5.41, 5.74) is 2.60. The van der Waals surface area contributed by atoms with Crippen molar-refractivity contribution in [2.45, 2.75) is 19.8 Å². The van der Waals surface area contributed by atoms with Crippen molar-refractivity contribution in [3.63, 3.8) is 0 Å². The van der Waals surface area contributed by atoms with E-state index in [0.29, 0.717) is 0 Å². The monoisotopic (exact) mass is 346 g/mol. The smallest absolute Gasteiger partial charge is 0.191 e. The summed E-state index contributed by atoms with van der Waals surface area (Å²) in [4.78, 5) is 8.45. The van der Waals surface area contributed by atoms with Crippen molar-refractivity contribution >= 4 is 29.9 Å². The van der Waals surface area contributed by atoms with E-state index in [0.717, 1.165) is 38.4 Å². The van der Waals surface area contributed by atoms with E-state index in [1.165, 1.54) is 11.1 Å². The van der Waals surface area contributed by atoms with Crippen LogP contribution in [0.4, 0.5) is 0 Å². The van der Waals surface area contributed by atoms with Crippen molar-refractivity contribution in [2.75, 3.05) is 19.6 Å². The summed E-state index contributed by atoms with van der Waals surface area (Å²) in [6.45, 7) is 4.97. The highest BCUT2D eigenvalue weighted by molar-refractivity contribution is 14.0. The molecule has 2 rings (SSSR count). The fourth-order valence-corrected chi connectivity index (χ4v) is 1.75. The first-order valence-corrected chi connectivity index (χ1v) is 5.78. The zero-order valence-electron chi connectivity index (χ0n) is 10.1. The van der Waals surface area contributed by atoms with Crippen LogP contribution < -0.4 is 10.6 Å². The van der Waals surface area contributed by atoms with E-state index in [9.17, 15) is 0 Å². The summed E-state index contributed by atoms with van der Waals surface area (Å²) in [5, 5.41) is 6.56. The predicted molar refractivity (Wildman–Crippen MR) is 81.0 cm³/mol. The van der Waals surface area contributed by atoms with Crippen LogP contribution in [0.2, 0.25) is 0 Å². The molecule has 1 aromatic heterocycles. The molecule has 5 heteroatoms. The summed E-state index contributed by atoms with van der Waals surface area (Å²) in [6, 6.07) is 2.08. The first kappa shape index (κ1) is 14.2. The summed E-state index contributed by atoms with van der Waals surface area (Å²) in [7, 11) is 0. The van der Waals surface area contributed by atoms with E-state index in [-0.39, 0.29) is 24.0 Å². The van der Waals surface area contributed by atoms with E-state index in [1.807, 2.05) is 12.4 Å². The standard InChI is InChI=1S/C12H18N4.HI/c1-10-9-13-7-3-11(10)4-8-16-12-14-5-2-6-15-12;/h3,7,9H,2,4-6,8H2,1H3,(H2,14,15,16);1H. The van der Waals surface area contributed by atoms with E-state index in [1.54, 1.807) is 0 Å². The zero-order valence-corrected chi connectivity index (χ0v) is 12.4. The number of guanidine groups is 1. The van der Waals surface area contributed by atoms with Gasteiger partial charge in [-0.15, -0.1) is 24.0 Å². The number of nitrogens with zero attached hydrogens (tertiary/aromatic N) is 2. The normalized spacial score (nSPS) is 14.3. The van der Waals surface area contributed by atoms with Crippen molar-refractivity contribution < 1.29 is 0 Å². The third-order valence-corrected chi connectivity index (χ3v) is 2.72.